The van der Waals surface area contributed by atoms with E-state index >= 15 is 0 Å². The molecule has 0 N–H and O–H groups in total. The van der Waals surface area contributed by atoms with E-state index in [4.69, 9.17) is 9.47 Å². The minimum absolute atomic E-state index is 0.0247. The first-order valence-corrected chi connectivity index (χ1v) is 8.07. The van der Waals surface area contributed by atoms with Crippen molar-refractivity contribution in [2.45, 2.75) is 60.0 Å². The molecule has 0 bridgehead atoms. The molecule has 0 fully saturated rings. The van der Waals surface area contributed by atoms with E-state index in [-0.39, 0.29) is 23.1 Å². The highest BCUT2D eigenvalue weighted by atomic mass is 19.1. The number of hydrogen-bond donors (Lipinski definition) is 0. The average Bonchev–Trinajstić information content (AvgIpc) is 2.36. The molecule has 0 saturated heterocycles. The zero-order valence-electron chi connectivity index (χ0n) is 15.1. The van der Waals surface area contributed by atoms with Crippen molar-refractivity contribution in [3.8, 4) is 5.75 Å². The lowest BCUT2D eigenvalue weighted by Gasteiger charge is -2.31. The number of rotatable bonds is 6. The molecule has 0 heterocycles. The first kappa shape index (κ1) is 19.5. The maximum absolute atomic E-state index is 12.9. The van der Waals surface area contributed by atoms with Gasteiger partial charge in [-0.2, -0.15) is 0 Å². The second-order valence-corrected chi connectivity index (χ2v) is 7.94. The lowest BCUT2D eigenvalue weighted by molar-refractivity contribution is -0.157. The Hall–Kier alpha value is -1.58. The Balaban J connectivity index is 2.55. The van der Waals surface area contributed by atoms with E-state index in [0.29, 0.717) is 18.8 Å². The van der Waals surface area contributed by atoms with Crippen LogP contribution in [0.25, 0.3) is 0 Å². The zero-order chi connectivity index (χ0) is 17.7. The second kappa shape index (κ2) is 7.80. The highest BCUT2D eigenvalue weighted by Gasteiger charge is 2.29. The molecule has 0 aliphatic heterocycles. The van der Waals surface area contributed by atoms with Crippen molar-refractivity contribution in [3.63, 3.8) is 0 Å². The first-order chi connectivity index (χ1) is 10.5. The van der Waals surface area contributed by atoms with Gasteiger partial charge in [0.25, 0.3) is 0 Å². The van der Waals surface area contributed by atoms with Crippen LogP contribution >= 0.6 is 0 Å². The summed E-state index contributed by atoms with van der Waals surface area (Å²) in [6.45, 7) is 12.4. The molecule has 0 amide bonds. The summed E-state index contributed by atoms with van der Waals surface area (Å²) < 4.78 is 23.9. The molecule has 0 aliphatic carbocycles. The van der Waals surface area contributed by atoms with Crippen LogP contribution < -0.4 is 4.74 Å². The van der Waals surface area contributed by atoms with E-state index in [1.54, 1.807) is 12.1 Å². The van der Waals surface area contributed by atoms with E-state index < -0.39 is 5.60 Å². The fourth-order valence-electron chi connectivity index (χ4n) is 2.28. The van der Waals surface area contributed by atoms with Gasteiger partial charge < -0.3 is 9.47 Å². The number of benzene rings is 1. The van der Waals surface area contributed by atoms with Gasteiger partial charge in [0.15, 0.2) is 0 Å². The molecule has 1 atom stereocenters. The molecular formula is C19H29FO3. The smallest absolute Gasteiger partial charge is 0.306 e. The summed E-state index contributed by atoms with van der Waals surface area (Å²) in [5.74, 6) is 0.322. The van der Waals surface area contributed by atoms with Gasteiger partial charge in [0.2, 0.25) is 0 Å². The Labute approximate surface area is 139 Å². The monoisotopic (exact) mass is 324 g/mol. The summed E-state index contributed by atoms with van der Waals surface area (Å²) in [7, 11) is 0. The lowest BCUT2D eigenvalue weighted by atomic mass is 9.77. The minimum atomic E-state index is -0.468. The largest absolute Gasteiger partial charge is 0.494 e. The molecule has 4 heteroatoms. The van der Waals surface area contributed by atoms with Gasteiger partial charge in [-0.15, -0.1) is 0 Å². The number of halogens is 1. The standard InChI is InChI=1S/C19H29FO3/c1-18(2,3)14(13-17(21)23-19(4,5)6)11-12-22-16-9-7-15(20)8-10-16/h7-10,14H,11-13H2,1-6H3. The summed E-state index contributed by atoms with van der Waals surface area (Å²) >= 11 is 0. The molecule has 130 valence electrons. The van der Waals surface area contributed by atoms with Gasteiger partial charge in [0, 0.05) is 6.42 Å². The summed E-state index contributed by atoms with van der Waals surface area (Å²) in [6.07, 6.45) is 1.10. The van der Waals surface area contributed by atoms with Crippen LogP contribution in [0, 0.1) is 17.2 Å². The molecule has 1 unspecified atom stereocenters. The maximum Gasteiger partial charge on any atom is 0.306 e. The highest BCUT2D eigenvalue weighted by molar-refractivity contribution is 5.70. The Morgan fingerprint density at radius 1 is 1.09 bits per heavy atom. The Bertz CT molecular complexity index is 495. The van der Waals surface area contributed by atoms with Crippen molar-refractivity contribution >= 4 is 5.97 Å². The third-order valence-corrected chi connectivity index (χ3v) is 3.61. The molecule has 1 aromatic rings. The van der Waals surface area contributed by atoms with Crippen molar-refractivity contribution in [2.75, 3.05) is 6.61 Å². The number of ether oxygens (including phenoxy) is 2. The van der Waals surface area contributed by atoms with Crippen LogP contribution in [0.2, 0.25) is 0 Å². The van der Waals surface area contributed by atoms with Crippen molar-refractivity contribution in [3.05, 3.63) is 30.1 Å². The number of esters is 1. The van der Waals surface area contributed by atoms with Gasteiger partial charge in [-0.1, -0.05) is 20.8 Å². The molecule has 0 aromatic heterocycles. The third kappa shape index (κ3) is 8.00. The predicted molar refractivity (Wildman–Crippen MR) is 89.9 cm³/mol. The molecule has 23 heavy (non-hydrogen) atoms. The molecule has 3 nitrogen and oxygen atoms in total. The van der Waals surface area contributed by atoms with Gasteiger partial charge in [0.05, 0.1) is 6.61 Å². The van der Waals surface area contributed by atoms with E-state index in [1.165, 1.54) is 12.1 Å². The van der Waals surface area contributed by atoms with Crippen molar-refractivity contribution < 1.29 is 18.7 Å². The fraction of sp³-hybridized carbons (Fsp3) is 0.632. The third-order valence-electron chi connectivity index (χ3n) is 3.61. The molecule has 0 radical (unpaired) electrons. The van der Waals surface area contributed by atoms with Crippen LogP contribution in [0.3, 0.4) is 0 Å². The van der Waals surface area contributed by atoms with Crippen LogP contribution in [-0.4, -0.2) is 18.2 Å². The average molecular weight is 324 g/mol. The first-order valence-electron chi connectivity index (χ1n) is 8.07. The topological polar surface area (TPSA) is 35.5 Å². The minimum Gasteiger partial charge on any atom is -0.494 e. The van der Waals surface area contributed by atoms with Crippen molar-refractivity contribution in [2.24, 2.45) is 11.3 Å². The van der Waals surface area contributed by atoms with Crippen molar-refractivity contribution in [1.29, 1.82) is 0 Å². The SMILES string of the molecule is CC(C)(C)OC(=O)CC(CCOc1ccc(F)cc1)C(C)(C)C. The Kier molecular flexibility index (Phi) is 6.60. The number of carbonyl (C=O) groups is 1. The van der Waals surface area contributed by atoms with E-state index in [0.717, 1.165) is 6.42 Å². The van der Waals surface area contributed by atoms with E-state index in [1.807, 2.05) is 20.8 Å². The normalized spacial score (nSPS) is 13.5. The zero-order valence-corrected chi connectivity index (χ0v) is 15.1. The molecule has 0 spiro atoms. The van der Waals surface area contributed by atoms with E-state index in [2.05, 4.69) is 20.8 Å². The van der Waals surface area contributed by atoms with Gasteiger partial charge in [-0.05, 0) is 62.8 Å². The summed E-state index contributed by atoms with van der Waals surface area (Å²) in [5, 5.41) is 0. The molecule has 1 aromatic carbocycles. The summed E-state index contributed by atoms with van der Waals surface area (Å²) in [6, 6.07) is 5.96. The molecule has 0 aliphatic rings. The number of carbonyl (C=O) groups excluding carboxylic acids is 1. The van der Waals surface area contributed by atoms with Gasteiger partial charge in [-0.3, -0.25) is 4.79 Å². The maximum atomic E-state index is 12.9. The van der Waals surface area contributed by atoms with Gasteiger partial charge in [0.1, 0.15) is 17.2 Å². The lowest BCUT2D eigenvalue weighted by Crippen LogP contribution is -2.30. The molecular weight excluding hydrogens is 295 g/mol. The number of hydrogen-bond acceptors (Lipinski definition) is 3. The van der Waals surface area contributed by atoms with Crippen molar-refractivity contribution in [1.82, 2.24) is 0 Å². The molecule has 0 saturated carbocycles. The van der Waals surface area contributed by atoms with Crippen LogP contribution in [0.1, 0.15) is 54.4 Å². The summed E-state index contributed by atoms with van der Waals surface area (Å²) in [4.78, 5) is 12.1. The second-order valence-electron chi connectivity index (χ2n) is 7.94. The van der Waals surface area contributed by atoms with Gasteiger partial charge in [-0.25, -0.2) is 4.39 Å². The van der Waals surface area contributed by atoms with Crippen LogP contribution in [0.4, 0.5) is 4.39 Å². The highest BCUT2D eigenvalue weighted by Crippen LogP contribution is 2.32. The van der Waals surface area contributed by atoms with Crippen LogP contribution in [-0.2, 0) is 9.53 Å². The van der Waals surface area contributed by atoms with Crippen LogP contribution in [0.15, 0.2) is 24.3 Å². The fourth-order valence-corrected chi connectivity index (χ4v) is 2.28. The Morgan fingerprint density at radius 2 is 1.65 bits per heavy atom. The van der Waals surface area contributed by atoms with E-state index in [9.17, 15) is 9.18 Å². The quantitative estimate of drug-likeness (QED) is 0.692. The Morgan fingerprint density at radius 3 is 2.13 bits per heavy atom. The summed E-state index contributed by atoms with van der Waals surface area (Å²) in [5.41, 5.74) is -0.493. The predicted octanol–water partition coefficient (Wildman–Crippen LogP) is 4.99. The van der Waals surface area contributed by atoms with Gasteiger partial charge >= 0.3 is 5.97 Å². The molecule has 1 rings (SSSR count). The van der Waals surface area contributed by atoms with Crippen LogP contribution in [0.5, 0.6) is 5.75 Å².